The van der Waals surface area contributed by atoms with E-state index in [9.17, 15) is 0 Å². The smallest absolute Gasteiger partial charge is 0.0208 e. The maximum Gasteiger partial charge on any atom is -0.0208 e. The van der Waals surface area contributed by atoms with E-state index in [4.69, 9.17) is 0 Å². The van der Waals surface area contributed by atoms with Crippen LogP contribution >= 0.6 is 24.0 Å². The summed E-state index contributed by atoms with van der Waals surface area (Å²) in [6.45, 7) is 8.09. The van der Waals surface area contributed by atoms with Gasteiger partial charge in [0.05, 0.1) is 0 Å². The summed E-state index contributed by atoms with van der Waals surface area (Å²) < 4.78 is 0. The Morgan fingerprint density at radius 2 is 1.80 bits per heavy atom. The van der Waals surface area contributed by atoms with E-state index in [2.05, 4.69) is 44.7 Å². The molecule has 0 nitrogen and oxygen atoms in total. The van der Waals surface area contributed by atoms with Crippen LogP contribution in [-0.2, 0) is 6.42 Å². The van der Waals surface area contributed by atoms with Gasteiger partial charge in [-0.3, -0.25) is 0 Å². The van der Waals surface area contributed by atoms with Gasteiger partial charge in [0.2, 0.25) is 0 Å². The minimum absolute atomic E-state index is 0. The monoisotopic (exact) mass is 316 g/mol. The predicted molar refractivity (Wildman–Crippen MR) is 78.8 cm³/mol. The number of hydrogen-bond donors (Lipinski definition) is 0. The molecule has 0 radical (unpaired) electrons. The molecule has 1 aromatic rings. The normalized spacial score (nSPS) is 13.2. The van der Waals surface area contributed by atoms with Crippen LogP contribution in [0.15, 0.2) is 42.5 Å². The molecule has 84 valence electrons. The summed E-state index contributed by atoms with van der Waals surface area (Å²) in [5.74, 6) is 0.907. The van der Waals surface area contributed by atoms with Crippen molar-refractivity contribution >= 4 is 24.0 Å². The van der Waals surface area contributed by atoms with Gasteiger partial charge in [0, 0.05) is 0 Å². The zero-order valence-corrected chi connectivity index (χ0v) is 12.0. The Labute approximate surface area is 111 Å². The number of benzene rings is 1. The molecule has 0 aromatic heterocycles. The number of rotatable bonds is 2. The first-order valence-electron chi connectivity index (χ1n) is 5.43. The average Bonchev–Trinajstić information content (AvgIpc) is 3.03. The van der Waals surface area contributed by atoms with Crippen molar-refractivity contribution in [2.24, 2.45) is 5.92 Å². The first-order chi connectivity index (χ1) is 6.74. The maximum atomic E-state index is 3.82. The zero-order chi connectivity index (χ0) is 10.4. The molecule has 0 heterocycles. The largest absolute Gasteiger partial charge is 0.107 e. The molecule has 2 rings (SSSR count). The molecule has 0 bridgehead atoms. The quantitative estimate of drug-likeness (QED) is 0.541. The highest BCUT2D eigenvalue weighted by atomic mass is 127. The van der Waals surface area contributed by atoms with Gasteiger partial charge in [0.1, 0.15) is 0 Å². The standard InChI is InChI=1S/C8H10.C6H10.HI/c1-2-8-6-4-3-5-7-8;1-5(2)6-3-4-6;/h3-7H,2H2,1H3;6H,1,3-4H2,2H3;1H. The summed E-state index contributed by atoms with van der Waals surface area (Å²) in [4.78, 5) is 0. The molecule has 0 unspecified atom stereocenters. The minimum Gasteiger partial charge on any atom is -0.107 e. The average molecular weight is 316 g/mol. The summed E-state index contributed by atoms with van der Waals surface area (Å²) in [6.07, 6.45) is 3.94. The molecule has 1 aromatic carbocycles. The second-order valence-corrected chi connectivity index (χ2v) is 3.96. The molecule has 0 aliphatic heterocycles. The Morgan fingerprint density at radius 3 is 2.00 bits per heavy atom. The molecular weight excluding hydrogens is 295 g/mol. The highest BCUT2D eigenvalue weighted by Crippen LogP contribution is 2.34. The zero-order valence-electron chi connectivity index (χ0n) is 9.70. The molecule has 1 aliphatic rings. The Balaban J connectivity index is 0.000000253. The molecule has 1 aliphatic carbocycles. The van der Waals surface area contributed by atoms with Crippen molar-refractivity contribution in [3.8, 4) is 0 Å². The molecule has 1 saturated carbocycles. The van der Waals surface area contributed by atoms with Crippen molar-refractivity contribution in [3.05, 3.63) is 48.0 Å². The second-order valence-electron chi connectivity index (χ2n) is 3.96. The highest BCUT2D eigenvalue weighted by molar-refractivity contribution is 14.0. The van der Waals surface area contributed by atoms with E-state index >= 15 is 0 Å². The molecule has 0 amide bonds. The molecule has 1 heteroatoms. The lowest BCUT2D eigenvalue weighted by atomic mass is 10.2. The Hall–Kier alpha value is -0.310. The van der Waals surface area contributed by atoms with E-state index in [0.717, 1.165) is 12.3 Å². The third-order valence-corrected chi connectivity index (χ3v) is 2.53. The third kappa shape index (κ3) is 6.72. The van der Waals surface area contributed by atoms with Gasteiger partial charge in [-0.1, -0.05) is 49.4 Å². The molecule has 0 N–H and O–H groups in total. The summed E-state index contributed by atoms with van der Waals surface area (Å²) in [7, 11) is 0. The van der Waals surface area contributed by atoms with E-state index in [1.807, 2.05) is 6.07 Å². The van der Waals surface area contributed by atoms with Gasteiger partial charge in [-0.2, -0.15) is 0 Å². The maximum absolute atomic E-state index is 3.82. The molecule has 0 spiro atoms. The molecule has 15 heavy (non-hydrogen) atoms. The van der Waals surface area contributed by atoms with Crippen LogP contribution in [0.4, 0.5) is 0 Å². The molecule has 0 atom stereocenters. The van der Waals surface area contributed by atoms with Crippen LogP contribution in [0.5, 0.6) is 0 Å². The van der Waals surface area contributed by atoms with Crippen molar-refractivity contribution < 1.29 is 0 Å². The van der Waals surface area contributed by atoms with Gasteiger partial charge in [-0.05, 0) is 37.7 Å². The highest BCUT2D eigenvalue weighted by Gasteiger charge is 2.20. The van der Waals surface area contributed by atoms with Gasteiger partial charge in [-0.15, -0.1) is 24.0 Å². The second kappa shape index (κ2) is 7.91. The first-order valence-corrected chi connectivity index (χ1v) is 5.43. The van der Waals surface area contributed by atoms with Crippen LogP contribution in [0.25, 0.3) is 0 Å². The Bertz CT molecular complexity index is 273. The van der Waals surface area contributed by atoms with Gasteiger partial charge in [0.15, 0.2) is 0 Å². The van der Waals surface area contributed by atoms with Crippen LogP contribution in [0, 0.1) is 5.92 Å². The fraction of sp³-hybridized carbons (Fsp3) is 0.429. The SMILES string of the molecule is C=C(C)C1CC1.CCc1ccccc1.I. The number of halogens is 1. The number of hydrogen-bond acceptors (Lipinski definition) is 0. The fourth-order valence-corrected chi connectivity index (χ4v) is 1.29. The lowest BCUT2D eigenvalue weighted by Gasteiger charge is -1.89. The third-order valence-electron chi connectivity index (χ3n) is 2.53. The van der Waals surface area contributed by atoms with E-state index in [1.54, 1.807) is 0 Å². The Morgan fingerprint density at radius 1 is 1.27 bits per heavy atom. The van der Waals surface area contributed by atoms with Crippen LogP contribution in [-0.4, -0.2) is 0 Å². The lowest BCUT2D eigenvalue weighted by molar-refractivity contribution is 1.02. The molecule has 0 saturated heterocycles. The van der Waals surface area contributed by atoms with Crippen LogP contribution in [0.2, 0.25) is 0 Å². The fourth-order valence-electron chi connectivity index (χ4n) is 1.29. The predicted octanol–water partition coefficient (Wildman–Crippen LogP) is 4.84. The topological polar surface area (TPSA) is 0 Å². The molecule has 1 fully saturated rings. The Kier molecular flexibility index (Phi) is 7.75. The van der Waals surface area contributed by atoms with Gasteiger partial charge in [-0.25, -0.2) is 0 Å². The number of aryl methyl sites for hydroxylation is 1. The lowest BCUT2D eigenvalue weighted by Crippen LogP contribution is -1.73. The van der Waals surface area contributed by atoms with Crippen LogP contribution in [0.3, 0.4) is 0 Å². The van der Waals surface area contributed by atoms with E-state index in [0.29, 0.717) is 0 Å². The minimum atomic E-state index is 0. The van der Waals surface area contributed by atoms with Crippen molar-refractivity contribution in [2.75, 3.05) is 0 Å². The summed E-state index contributed by atoms with van der Waals surface area (Å²) in [5, 5.41) is 0. The van der Waals surface area contributed by atoms with Gasteiger partial charge < -0.3 is 0 Å². The van der Waals surface area contributed by atoms with E-state index in [1.165, 1.54) is 24.0 Å². The summed E-state index contributed by atoms with van der Waals surface area (Å²) in [5.41, 5.74) is 2.78. The molecular formula is C14H21I. The number of allylic oxidation sites excluding steroid dienone is 1. The van der Waals surface area contributed by atoms with E-state index in [-0.39, 0.29) is 24.0 Å². The summed E-state index contributed by atoms with van der Waals surface area (Å²) >= 11 is 0. The van der Waals surface area contributed by atoms with Crippen molar-refractivity contribution in [1.82, 2.24) is 0 Å². The van der Waals surface area contributed by atoms with E-state index < -0.39 is 0 Å². The van der Waals surface area contributed by atoms with Crippen molar-refractivity contribution in [1.29, 1.82) is 0 Å². The van der Waals surface area contributed by atoms with Crippen molar-refractivity contribution in [2.45, 2.75) is 33.1 Å². The van der Waals surface area contributed by atoms with Crippen molar-refractivity contribution in [3.63, 3.8) is 0 Å². The van der Waals surface area contributed by atoms with Gasteiger partial charge in [0.25, 0.3) is 0 Å². The summed E-state index contributed by atoms with van der Waals surface area (Å²) in [6, 6.07) is 10.5. The van der Waals surface area contributed by atoms with Crippen LogP contribution in [0.1, 0.15) is 32.3 Å². The van der Waals surface area contributed by atoms with Gasteiger partial charge >= 0.3 is 0 Å². The first kappa shape index (κ1) is 14.7. The van der Waals surface area contributed by atoms with Crippen LogP contribution < -0.4 is 0 Å².